The summed E-state index contributed by atoms with van der Waals surface area (Å²) in [7, 11) is 0. The lowest BCUT2D eigenvalue weighted by Gasteiger charge is -2.07. The minimum atomic E-state index is -0.778. The first-order valence-corrected chi connectivity index (χ1v) is 5.07. The Kier molecular flexibility index (Phi) is 4.75. The molecule has 0 saturated heterocycles. The predicted molar refractivity (Wildman–Crippen MR) is 61.3 cm³/mol. The van der Waals surface area contributed by atoms with Crippen molar-refractivity contribution in [2.75, 3.05) is 6.61 Å². The second kappa shape index (κ2) is 6.32. The summed E-state index contributed by atoms with van der Waals surface area (Å²) >= 11 is 0. The van der Waals surface area contributed by atoms with Gasteiger partial charge in [0.05, 0.1) is 6.61 Å². The van der Waals surface area contributed by atoms with Gasteiger partial charge >= 0.3 is 5.97 Å². The largest absolute Gasteiger partial charge is 0.513 e. The van der Waals surface area contributed by atoms with Crippen molar-refractivity contribution in [1.82, 2.24) is 5.32 Å². The molecular weight excluding hydrogens is 222 g/mol. The summed E-state index contributed by atoms with van der Waals surface area (Å²) in [4.78, 5) is 22.9. The van der Waals surface area contributed by atoms with E-state index in [1.165, 1.54) is 0 Å². The maximum atomic E-state index is 11.7. The molecule has 2 N–H and O–H groups in total. The highest BCUT2D eigenvalue weighted by atomic mass is 16.5. The average Bonchev–Trinajstić information content (AvgIpc) is 2.37. The fourth-order valence-corrected chi connectivity index (χ4v) is 1.13. The SMILES string of the molecule is CCOC(=O)/C(=C\O)NC(=O)c1ccccc1. The quantitative estimate of drug-likeness (QED) is 0.469. The number of rotatable bonds is 4. The molecule has 0 spiro atoms. The molecule has 1 aromatic carbocycles. The molecule has 0 unspecified atom stereocenters. The number of aliphatic hydroxyl groups excluding tert-OH is 1. The summed E-state index contributed by atoms with van der Waals surface area (Å²) in [5, 5.41) is 11.1. The molecule has 1 aromatic rings. The van der Waals surface area contributed by atoms with E-state index in [-0.39, 0.29) is 12.3 Å². The summed E-state index contributed by atoms with van der Waals surface area (Å²) < 4.78 is 4.65. The van der Waals surface area contributed by atoms with Crippen LogP contribution in [0, 0.1) is 0 Å². The van der Waals surface area contributed by atoms with Crippen molar-refractivity contribution >= 4 is 11.9 Å². The lowest BCUT2D eigenvalue weighted by molar-refractivity contribution is -0.139. The molecule has 0 bridgehead atoms. The molecule has 5 heteroatoms. The first-order valence-electron chi connectivity index (χ1n) is 5.07. The van der Waals surface area contributed by atoms with E-state index in [9.17, 15) is 9.59 Å². The zero-order chi connectivity index (χ0) is 12.7. The lowest BCUT2D eigenvalue weighted by atomic mass is 10.2. The lowest BCUT2D eigenvalue weighted by Crippen LogP contribution is -2.28. The Morgan fingerprint density at radius 2 is 2.00 bits per heavy atom. The molecule has 0 aliphatic heterocycles. The molecular formula is C12H13NO4. The van der Waals surface area contributed by atoms with E-state index in [1.807, 2.05) is 0 Å². The minimum Gasteiger partial charge on any atom is -0.513 e. The van der Waals surface area contributed by atoms with Crippen LogP contribution in [-0.2, 0) is 9.53 Å². The molecule has 0 radical (unpaired) electrons. The molecule has 0 heterocycles. The number of carbonyl (C=O) groups is 2. The minimum absolute atomic E-state index is 0.164. The Morgan fingerprint density at radius 3 is 2.53 bits per heavy atom. The second-order valence-electron chi connectivity index (χ2n) is 3.08. The van der Waals surface area contributed by atoms with Crippen molar-refractivity contribution in [3.8, 4) is 0 Å². The molecule has 1 amide bonds. The molecule has 0 aliphatic carbocycles. The fourth-order valence-electron chi connectivity index (χ4n) is 1.13. The molecule has 5 nitrogen and oxygen atoms in total. The normalized spacial score (nSPS) is 10.8. The highest BCUT2D eigenvalue weighted by Gasteiger charge is 2.14. The Bertz CT molecular complexity index is 425. The fraction of sp³-hybridized carbons (Fsp3) is 0.167. The number of hydrogen-bond donors (Lipinski definition) is 2. The van der Waals surface area contributed by atoms with Crippen LogP contribution in [0.25, 0.3) is 0 Å². The standard InChI is InChI=1S/C12H13NO4/c1-2-17-12(16)10(8-14)13-11(15)9-6-4-3-5-7-9/h3-8,14H,2H2,1H3,(H,13,15)/b10-8+. The van der Waals surface area contributed by atoms with Crippen molar-refractivity contribution in [1.29, 1.82) is 0 Å². The number of carbonyl (C=O) groups excluding carboxylic acids is 2. The topological polar surface area (TPSA) is 75.6 Å². The third kappa shape index (κ3) is 3.64. The van der Waals surface area contributed by atoms with Crippen molar-refractivity contribution < 1.29 is 19.4 Å². The van der Waals surface area contributed by atoms with Crippen molar-refractivity contribution in [2.24, 2.45) is 0 Å². The van der Waals surface area contributed by atoms with Crippen LogP contribution in [0.15, 0.2) is 42.3 Å². The Labute approximate surface area is 98.7 Å². The predicted octanol–water partition coefficient (Wildman–Crippen LogP) is 1.38. The van der Waals surface area contributed by atoms with E-state index in [1.54, 1.807) is 37.3 Å². The zero-order valence-electron chi connectivity index (χ0n) is 9.34. The number of hydrogen-bond acceptors (Lipinski definition) is 4. The van der Waals surface area contributed by atoms with Gasteiger partial charge in [0, 0.05) is 5.56 Å². The Hall–Kier alpha value is -2.30. The molecule has 0 atom stereocenters. The van der Waals surface area contributed by atoms with Crippen molar-refractivity contribution in [3.05, 3.63) is 47.9 Å². The first-order chi connectivity index (χ1) is 8.19. The van der Waals surface area contributed by atoms with E-state index >= 15 is 0 Å². The summed E-state index contributed by atoms with van der Waals surface area (Å²) in [5.74, 6) is -1.27. The molecule has 1 rings (SSSR count). The Morgan fingerprint density at radius 1 is 1.35 bits per heavy atom. The van der Waals surface area contributed by atoms with Gasteiger partial charge in [-0.1, -0.05) is 18.2 Å². The maximum Gasteiger partial charge on any atom is 0.358 e. The van der Waals surface area contributed by atoms with E-state index < -0.39 is 11.9 Å². The van der Waals surface area contributed by atoms with Gasteiger partial charge < -0.3 is 15.2 Å². The number of benzene rings is 1. The first kappa shape index (κ1) is 12.8. The molecule has 0 saturated carbocycles. The number of aliphatic hydroxyl groups is 1. The van der Waals surface area contributed by atoms with Crippen LogP contribution in [-0.4, -0.2) is 23.6 Å². The Balaban J connectivity index is 2.71. The van der Waals surface area contributed by atoms with Crippen LogP contribution in [0.1, 0.15) is 17.3 Å². The smallest absolute Gasteiger partial charge is 0.358 e. The maximum absolute atomic E-state index is 11.7. The van der Waals surface area contributed by atoms with Gasteiger partial charge in [0.1, 0.15) is 6.26 Å². The van der Waals surface area contributed by atoms with Gasteiger partial charge in [0.2, 0.25) is 0 Å². The van der Waals surface area contributed by atoms with Crippen molar-refractivity contribution in [3.63, 3.8) is 0 Å². The molecule has 0 aliphatic rings. The van der Waals surface area contributed by atoms with Gasteiger partial charge in [-0.2, -0.15) is 0 Å². The van der Waals surface area contributed by atoms with Crippen LogP contribution in [0.2, 0.25) is 0 Å². The third-order valence-electron chi connectivity index (χ3n) is 1.91. The second-order valence-corrected chi connectivity index (χ2v) is 3.08. The van der Waals surface area contributed by atoms with E-state index in [2.05, 4.69) is 10.1 Å². The summed E-state index contributed by atoms with van der Waals surface area (Å²) in [5.41, 5.74) is 0.0943. The van der Waals surface area contributed by atoms with E-state index in [0.717, 1.165) is 0 Å². The van der Waals surface area contributed by atoms with Gasteiger partial charge in [-0.25, -0.2) is 4.79 Å². The van der Waals surface area contributed by atoms with Crippen LogP contribution in [0.3, 0.4) is 0 Å². The molecule has 90 valence electrons. The van der Waals surface area contributed by atoms with Crippen LogP contribution in [0.5, 0.6) is 0 Å². The van der Waals surface area contributed by atoms with Gasteiger partial charge in [0.15, 0.2) is 5.70 Å². The molecule has 0 aromatic heterocycles. The monoisotopic (exact) mass is 235 g/mol. The van der Waals surface area contributed by atoms with E-state index in [0.29, 0.717) is 11.8 Å². The number of amides is 1. The van der Waals surface area contributed by atoms with Crippen LogP contribution in [0.4, 0.5) is 0 Å². The summed E-state index contributed by atoms with van der Waals surface area (Å²) in [6.45, 7) is 1.79. The number of nitrogens with one attached hydrogen (secondary N) is 1. The van der Waals surface area contributed by atoms with E-state index in [4.69, 9.17) is 5.11 Å². The van der Waals surface area contributed by atoms with Crippen LogP contribution < -0.4 is 5.32 Å². The highest BCUT2D eigenvalue weighted by molar-refractivity contribution is 6.00. The van der Waals surface area contributed by atoms with Gasteiger partial charge in [-0.15, -0.1) is 0 Å². The number of ether oxygens (including phenoxy) is 1. The van der Waals surface area contributed by atoms with Crippen LogP contribution >= 0.6 is 0 Å². The summed E-state index contributed by atoms with van der Waals surface area (Å²) in [6.07, 6.45) is 0.513. The molecule has 0 fully saturated rings. The molecule has 17 heavy (non-hydrogen) atoms. The van der Waals surface area contributed by atoms with Gasteiger partial charge in [-0.05, 0) is 19.1 Å². The van der Waals surface area contributed by atoms with Gasteiger partial charge in [0.25, 0.3) is 5.91 Å². The third-order valence-corrected chi connectivity index (χ3v) is 1.91. The zero-order valence-corrected chi connectivity index (χ0v) is 9.34. The number of esters is 1. The average molecular weight is 235 g/mol. The highest BCUT2D eigenvalue weighted by Crippen LogP contribution is 2.01. The van der Waals surface area contributed by atoms with Crippen molar-refractivity contribution in [2.45, 2.75) is 6.92 Å². The van der Waals surface area contributed by atoms with Gasteiger partial charge in [-0.3, -0.25) is 4.79 Å². The summed E-state index contributed by atoms with van der Waals surface area (Å²) in [6, 6.07) is 8.35.